The molecule has 2 aromatic heterocycles. The lowest BCUT2D eigenvalue weighted by Crippen LogP contribution is -2.31. The second-order valence-electron chi connectivity index (χ2n) is 15.2. The third-order valence-electron chi connectivity index (χ3n) is 11.9. The molecule has 12 rings (SSSR count). The molecule has 0 bridgehead atoms. The fraction of sp³-hybridized carbons (Fsp3) is 0.0185. The van der Waals surface area contributed by atoms with Gasteiger partial charge in [-0.05, 0) is 71.3 Å². The minimum Gasteiger partial charge on any atom is -0.310 e. The molecule has 0 fully saturated rings. The molecule has 0 saturated heterocycles. The summed E-state index contributed by atoms with van der Waals surface area (Å²) in [7, 11) is 0. The maximum atomic E-state index is 5.37. The Morgan fingerprint density at radius 1 is 0.433 bits per heavy atom. The molecule has 0 radical (unpaired) electrons. The highest BCUT2D eigenvalue weighted by molar-refractivity contribution is 7.99. The number of anilines is 3. The van der Waals surface area contributed by atoms with E-state index in [4.69, 9.17) is 15.0 Å². The summed E-state index contributed by atoms with van der Waals surface area (Å²) in [5, 5.41) is 1.13. The smallest absolute Gasteiger partial charge is 0.238 e. The summed E-state index contributed by atoms with van der Waals surface area (Å²) in [6.07, 6.45) is 0. The fourth-order valence-electron chi connectivity index (χ4n) is 9.46. The molecule has 8 aromatic carbocycles. The van der Waals surface area contributed by atoms with Crippen LogP contribution in [0.3, 0.4) is 0 Å². The van der Waals surface area contributed by atoms with Gasteiger partial charge in [-0.2, -0.15) is 9.97 Å². The first-order valence-corrected chi connectivity index (χ1v) is 21.0. The molecule has 60 heavy (non-hydrogen) atoms. The molecular formula is C54H35N5S. The summed E-state index contributed by atoms with van der Waals surface area (Å²) >= 11 is 1.85. The normalized spacial score (nSPS) is 13.1. The quantitative estimate of drug-likeness (QED) is 0.168. The monoisotopic (exact) mass is 785 g/mol. The highest BCUT2D eigenvalue weighted by Crippen LogP contribution is 2.64. The van der Waals surface area contributed by atoms with Gasteiger partial charge in [-0.15, -0.1) is 0 Å². The van der Waals surface area contributed by atoms with Gasteiger partial charge in [0.25, 0.3) is 0 Å². The Kier molecular flexibility index (Phi) is 7.93. The van der Waals surface area contributed by atoms with Crippen LogP contribution in [0.15, 0.2) is 222 Å². The highest BCUT2D eigenvalue weighted by atomic mass is 32.2. The van der Waals surface area contributed by atoms with E-state index < -0.39 is 5.41 Å². The fourth-order valence-corrected chi connectivity index (χ4v) is 10.7. The molecule has 2 aliphatic rings. The van der Waals surface area contributed by atoms with E-state index in [1.165, 1.54) is 32.0 Å². The van der Waals surface area contributed by atoms with E-state index in [1.54, 1.807) is 0 Å². The van der Waals surface area contributed by atoms with Crippen LogP contribution in [0.25, 0.3) is 50.9 Å². The zero-order chi connectivity index (χ0) is 39.6. The van der Waals surface area contributed by atoms with Crippen LogP contribution in [-0.2, 0) is 5.41 Å². The van der Waals surface area contributed by atoms with Crippen LogP contribution < -0.4 is 4.90 Å². The SMILES string of the molecule is c1ccc(-c2nc(-c3ccccc3)nc(-n3c4c(c5cc(N(c6ccccc6)c6ccccc6)ccc53)C3(c5ccccc5Sc5ccccc53)c3ccccc3-4)n2)cc1. The number of fused-ring (bicyclic) bond motifs is 11. The van der Waals surface area contributed by atoms with Crippen LogP contribution in [0.1, 0.15) is 22.3 Å². The van der Waals surface area contributed by atoms with Crippen LogP contribution in [-0.4, -0.2) is 19.5 Å². The molecular weight excluding hydrogens is 751 g/mol. The molecule has 5 nitrogen and oxygen atoms in total. The summed E-state index contributed by atoms with van der Waals surface area (Å²) in [5.41, 5.74) is 12.8. The number of rotatable bonds is 6. The van der Waals surface area contributed by atoms with Gasteiger partial charge in [0.05, 0.1) is 16.6 Å². The standard InChI is InChI=1S/C54H35N5S/c1-5-19-36(20-6-1)51-55-52(37-21-7-2-8-22-37)57-53(56-51)59-46-34-33-40(58(38-23-9-3-10-24-38)39-25-11-4-12-26-39)35-42(46)49-50(59)41-27-13-14-28-43(41)54(49)44-29-15-17-31-47(44)60-48-32-18-16-30-45(48)54/h1-35H. The molecule has 0 N–H and O–H groups in total. The number of hydrogen-bond donors (Lipinski definition) is 0. The van der Waals surface area contributed by atoms with Gasteiger partial charge in [-0.25, -0.2) is 4.98 Å². The summed E-state index contributed by atoms with van der Waals surface area (Å²) in [6.45, 7) is 0. The van der Waals surface area contributed by atoms with E-state index in [-0.39, 0.29) is 0 Å². The lowest BCUT2D eigenvalue weighted by molar-refractivity contribution is 0.728. The van der Waals surface area contributed by atoms with E-state index in [0.717, 1.165) is 50.3 Å². The Labute approximate surface area is 352 Å². The molecule has 6 heteroatoms. The second-order valence-corrected chi connectivity index (χ2v) is 16.3. The number of para-hydroxylation sites is 2. The summed E-state index contributed by atoms with van der Waals surface area (Å²) in [6, 6.07) is 75.5. The van der Waals surface area contributed by atoms with Crippen molar-refractivity contribution < 1.29 is 0 Å². The van der Waals surface area contributed by atoms with E-state index in [0.29, 0.717) is 17.6 Å². The first-order valence-electron chi connectivity index (χ1n) is 20.2. The van der Waals surface area contributed by atoms with Gasteiger partial charge >= 0.3 is 0 Å². The first-order chi connectivity index (χ1) is 29.8. The summed E-state index contributed by atoms with van der Waals surface area (Å²) < 4.78 is 2.31. The maximum Gasteiger partial charge on any atom is 0.238 e. The number of nitrogens with zero attached hydrogens (tertiary/aromatic N) is 5. The maximum absolute atomic E-state index is 5.37. The molecule has 282 valence electrons. The molecule has 0 amide bonds. The zero-order valence-electron chi connectivity index (χ0n) is 32.4. The zero-order valence-corrected chi connectivity index (χ0v) is 33.2. The van der Waals surface area contributed by atoms with Crippen LogP contribution in [0.4, 0.5) is 17.1 Å². The Bertz CT molecular complexity index is 3090. The van der Waals surface area contributed by atoms with Gasteiger partial charge in [0.1, 0.15) is 0 Å². The van der Waals surface area contributed by atoms with Crippen molar-refractivity contribution in [2.75, 3.05) is 4.90 Å². The van der Waals surface area contributed by atoms with Crippen molar-refractivity contribution in [2.24, 2.45) is 0 Å². The molecule has 0 unspecified atom stereocenters. The molecule has 0 saturated carbocycles. The molecule has 1 aliphatic heterocycles. The van der Waals surface area contributed by atoms with Crippen molar-refractivity contribution in [2.45, 2.75) is 15.2 Å². The minimum atomic E-state index is -0.631. The Morgan fingerprint density at radius 3 is 1.48 bits per heavy atom. The Balaban J connectivity index is 1.24. The Hall–Kier alpha value is -7.54. The topological polar surface area (TPSA) is 46.8 Å². The van der Waals surface area contributed by atoms with Gasteiger partial charge in [0, 0.05) is 54.5 Å². The molecule has 3 heterocycles. The third-order valence-corrected chi connectivity index (χ3v) is 13.0. The van der Waals surface area contributed by atoms with E-state index >= 15 is 0 Å². The average molecular weight is 786 g/mol. The summed E-state index contributed by atoms with van der Waals surface area (Å²) in [5.74, 6) is 1.82. The summed E-state index contributed by atoms with van der Waals surface area (Å²) in [4.78, 5) is 20.7. The van der Waals surface area contributed by atoms with Crippen LogP contribution in [0.5, 0.6) is 0 Å². The number of benzene rings is 8. The lowest BCUT2D eigenvalue weighted by atomic mass is 9.67. The van der Waals surface area contributed by atoms with Crippen LogP contribution in [0, 0.1) is 0 Å². The largest absolute Gasteiger partial charge is 0.310 e. The van der Waals surface area contributed by atoms with Crippen molar-refractivity contribution in [3.8, 4) is 40.0 Å². The van der Waals surface area contributed by atoms with Crippen LogP contribution >= 0.6 is 11.8 Å². The van der Waals surface area contributed by atoms with Crippen LogP contribution in [0.2, 0.25) is 0 Å². The van der Waals surface area contributed by atoms with E-state index in [9.17, 15) is 0 Å². The highest BCUT2D eigenvalue weighted by Gasteiger charge is 2.53. The van der Waals surface area contributed by atoms with Gasteiger partial charge in [-0.3, -0.25) is 4.57 Å². The van der Waals surface area contributed by atoms with Gasteiger partial charge in [0.15, 0.2) is 11.6 Å². The molecule has 1 aliphatic carbocycles. The van der Waals surface area contributed by atoms with Crippen molar-refractivity contribution >= 4 is 39.7 Å². The van der Waals surface area contributed by atoms with Crippen molar-refractivity contribution in [3.63, 3.8) is 0 Å². The predicted octanol–water partition coefficient (Wildman–Crippen LogP) is 13.4. The average Bonchev–Trinajstić information content (AvgIpc) is 3.81. The Morgan fingerprint density at radius 2 is 0.917 bits per heavy atom. The van der Waals surface area contributed by atoms with Gasteiger partial charge in [0.2, 0.25) is 5.95 Å². The molecule has 1 spiro atoms. The first kappa shape index (κ1) is 34.5. The van der Waals surface area contributed by atoms with Gasteiger partial charge in [-0.1, -0.05) is 169 Å². The van der Waals surface area contributed by atoms with Crippen molar-refractivity contribution in [1.82, 2.24) is 19.5 Å². The number of aromatic nitrogens is 4. The number of hydrogen-bond acceptors (Lipinski definition) is 5. The third kappa shape index (κ3) is 5.17. The van der Waals surface area contributed by atoms with E-state index in [2.05, 4.69) is 185 Å². The second kappa shape index (κ2) is 13.8. The van der Waals surface area contributed by atoms with E-state index in [1.807, 2.05) is 48.2 Å². The predicted molar refractivity (Wildman–Crippen MR) is 244 cm³/mol. The van der Waals surface area contributed by atoms with Gasteiger partial charge < -0.3 is 4.90 Å². The van der Waals surface area contributed by atoms with Crippen molar-refractivity contribution in [3.05, 3.63) is 235 Å². The molecule has 10 aromatic rings. The van der Waals surface area contributed by atoms with Crippen molar-refractivity contribution in [1.29, 1.82) is 0 Å². The lowest BCUT2D eigenvalue weighted by Gasteiger charge is -2.39. The minimum absolute atomic E-state index is 0.572. The molecule has 0 atom stereocenters.